The predicted octanol–water partition coefficient (Wildman–Crippen LogP) is 2.99. The lowest BCUT2D eigenvalue weighted by Gasteiger charge is -2.16. The second-order valence-electron chi connectivity index (χ2n) is 5.88. The zero-order chi connectivity index (χ0) is 16.6. The molecule has 1 atom stereocenters. The molecule has 7 heteroatoms. The zero-order valence-electron chi connectivity index (χ0n) is 13.4. The van der Waals surface area contributed by atoms with Gasteiger partial charge in [0, 0.05) is 20.1 Å². The van der Waals surface area contributed by atoms with Gasteiger partial charge in [0.1, 0.15) is 5.82 Å². The van der Waals surface area contributed by atoms with Gasteiger partial charge in [-0.2, -0.15) is 0 Å². The summed E-state index contributed by atoms with van der Waals surface area (Å²) in [7, 11) is 3.46. The van der Waals surface area contributed by atoms with Gasteiger partial charge in [-0.05, 0) is 31.9 Å². The number of nitrogens with zero attached hydrogens (tertiary/aromatic N) is 4. The van der Waals surface area contributed by atoms with Gasteiger partial charge in [-0.15, -0.1) is 10.2 Å². The molecule has 3 rings (SSSR count). The molecule has 0 aliphatic heterocycles. The molecule has 1 fully saturated rings. The van der Waals surface area contributed by atoms with Crippen molar-refractivity contribution < 1.29 is 9.18 Å². The topological polar surface area (TPSA) is 51.0 Å². The van der Waals surface area contributed by atoms with E-state index in [1.165, 1.54) is 17.8 Å². The average Bonchev–Trinajstić information content (AvgIpc) is 3.28. The van der Waals surface area contributed by atoms with Crippen LogP contribution in [0.4, 0.5) is 4.39 Å². The van der Waals surface area contributed by atoms with E-state index in [0.29, 0.717) is 22.6 Å². The summed E-state index contributed by atoms with van der Waals surface area (Å²) in [5.41, 5.74) is 0.449. The van der Waals surface area contributed by atoms with Crippen LogP contribution < -0.4 is 0 Å². The highest BCUT2D eigenvalue weighted by Gasteiger charge is 2.32. The Bertz CT molecular complexity index is 727. The van der Waals surface area contributed by atoms with Gasteiger partial charge in [0.25, 0.3) is 0 Å². The first-order valence-electron chi connectivity index (χ1n) is 7.56. The Morgan fingerprint density at radius 2 is 2.04 bits per heavy atom. The van der Waals surface area contributed by atoms with E-state index < -0.39 is 0 Å². The lowest BCUT2D eigenvalue weighted by molar-refractivity contribution is -0.127. The van der Waals surface area contributed by atoms with E-state index in [1.54, 1.807) is 37.2 Å². The quantitative estimate of drug-likeness (QED) is 0.789. The number of aromatic nitrogens is 3. The van der Waals surface area contributed by atoms with E-state index >= 15 is 0 Å². The second-order valence-corrected chi connectivity index (χ2v) is 7.19. The number of thioether (sulfide) groups is 1. The van der Waals surface area contributed by atoms with Crippen LogP contribution in [-0.4, -0.2) is 44.9 Å². The Morgan fingerprint density at radius 3 is 2.65 bits per heavy atom. The van der Waals surface area contributed by atoms with Crippen LogP contribution in [0.25, 0.3) is 11.4 Å². The third kappa shape index (κ3) is 3.24. The van der Waals surface area contributed by atoms with Crippen molar-refractivity contribution in [3.8, 4) is 11.4 Å². The van der Waals surface area contributed by atoms with E-state index in [4.69, 9.17) is 0 Å². The van der Waals surface area contributed by atoms with Gasteiger partial charge in [0.2, 0.25) is 5.91 Å². The third-order valence-electron chi connectivity index (χ3n) is 3.76. The number of halogens is 1. The van der Waals surface area contributed by atoms with Crippen molar-refractivity contribution in [1.82, 2.24) is 19.7 Å². The van der Waals surface area contributed by atoms with Gasteiger partial charge in [-0.1, -0.05) is 23.9 Å². The fourth-order valence-corrected chi connectivity index (χ4v) is 3.48. The summed E-state index contributed by atoms with van der Waals surface area (Å²) in [5, 5.41) is 8.82. The van der Waals surface area contributed by atoms with Crippen LogP contribution in [0.1, 0.15) is 25.8 Å². The van der Waals surface area contributed by atoms with E-state index in [2.05, 4.69) is 10.2 Å². The second kappa shape index (κ2) is 6.31. The van der Waals surface area contributed by atoms with E-state index in [1.807, 2.05) is 11.5 Å². The van der Waals surface area contributed by atoms with Gasteiger partial charge in [-0.3, -0.25) is 9.36 Å². The summed E-state index contributed by atoms with van der Waals surface area (Å²) < 4.78 is 16.1. The maximum Gasteiger partial charge on any atom is 0.235 e. The zero-order valence-corrected chi connectivity index (χ0v) is 14.2. The number of amides is 1. The monoisotopic (exact) mass is 334 g/mol. The van der Waals surface area contributed by atoms with Gasteiger partial charge in [0.15, 0.2) is 11.0 Å². The summed E-state index contributed by atoms with van der Waals surface area (Å²) in [6.45, 7) is 1.85. The highest BCUT2D eigenvalue weighted by molar-refractivity contribution is 8.00. The molecule has 1 amide bonds. The molecule has 2 aromatic rings. The van der Waals surface area contributed by atoms with Gasteiger partial charge in [0.05, 0.1) is 10.8 Å². The van der Waals surface area contributed by atoms with E-state index in [-0.39, 0.29) is 17.0 Å². The first kappa shape index (κ1) is 16.0. The molecule has 1 aliphatic rings. The lowest BCUT2D eigenvalue weighted by Crippen LogP contribution is -2.29. The minimum atomic E-state index is -0.309. The van der Waals surface area contributed by atoms with Crippen molar-refractivity contribution in [3.63, 3.8) is 0 Å². The first-order valence-corrected chi connectivity index (χ1v) is 8.44. The largest absolute Gasteiger partial charge is 0.348 e. The van der Waals surface area contributed by atoms with Crippen molar-refractivity contribution >= 4 is 17.7 Å². The Hall–Kier alpha value is -1.89. The Labute approximate surface area is 138 Å². The molecule has 0 spiro atoms. The van der Waals surface area contributed by atoms with Gasteiger partial charge < -0.3 is 4.90 Å². The lowest BCUT2D eigenvalue weighted by atomic mass is 10.2. The predicted molar refractivity (Wildman–Crippen MR) is 87.7 cm³/mol. The van der Waals surface area contributed by atoms with Crippen LogP contribution in [0, 0.1) is 5.82 Å². The average molecular weight is 334 g/mol. The van der Waals surface area contributed by atoms with E-state index in [9.17, 15) is 9.18 Å². The van der Waals surface area contributed by atoms with Crippen LogP contribution in [0.5, 0.6) is 0 Å². The Morgan fingerprint density at radius 1 is 1.35 bits per heavy atom. The van der Waals surface area contributed by atoms with Crippen molar-refractivity contribution in [1.29, 1.82) is 0 Å². The maximum atomic E-state index is 14.1. The Kier molecular flexibility index (Phi) is 4.39. The molecule has 0 radical (unpaired) electrons. The fourth-order valence-electron chi connectivity index (χ4n) is 2.42. The van der Waals surface area contributed by atoms with E-state index in [0.717, 1.165) is 12.8 Å². The van der Waals surface area contributed by atoms with Crippen LogP contribution in [-0.2, 0) is 4.79 Å². The van der Waals surface area contributed by atoms with Crippen molar-refractivity contribution in [2.75, 3.05) is 14.1 Å². The molecular formula is C16H19FN4OS. The van der Waals surface area contributed by atoms with Crippen molar-refractivity contribution in [2.45, 2.75) is 36.2 Å². The molecule has 0 bridgehead atoms. The number of hydrogen-bond donors (Lipinski definition) is 0. The maximum absolute atomic E-state index is 14.1. The van der Waals surface area contributed by atoms with Crippen LogP contribution in [0.3, 0.4) is 0 Å². The number of carbonyl (C=O) groups excluding carboxylic acids is 1. The molecule has 0 saturated heterocycles. The molecular weight excluding hydrogens is 315 g/mol. The van der Waals surface area contributed by atoms with Crippen LogP contribution >= 0.6 is 11.8 Å². The van der Waals surface area contributed by atoms with Crippen molar-refractivity contribution in [2.24, 2.45) is 0 Å². The fraction of sp³-hybridized carbons (Fsp3) is 0.438. The third-order valence-corrected chi connectivity index (χ3v) is 4.81. The minimum Gasteiger partial charge on any atom is -0.348 e. The highest BCUT2D eigenvalue weighted by Crippen LogP contribution is 2.42. The summed E-state index contributed by atoms with van der Waals surface area (Å²) in [5.74, 6) is 0.251. The Balaban J connectivity index is 1.94. The van der Waals surface area contributed by atoms with Gasteiger partial charge >= 0.3 is 0 Å². The molecule has 5 nitrogen and oxygen atoms in total. The smallest absolute Gasteiger partial charge is 0.235 e. The van der Waals surface area contributed by atoms with Crippen LogP contribution in [0.2, 0.25) is 0 Å². The number of hydrogen-bond acceptors (Lipinski definition) is 4. The normalized spacial score (nSPS) is 15.5. The molecule has 0 unspecified atom stereocenters. The molecule has 122 valence electrons. The molecule has 1 aliphatic carbocycles. The molecule has 0 N–H and O–H groups in total. The first-order chi connectivity index (χ1) is 11.0. The summed E-state index contributed by atoms with van der Waals surface area (Å²) in [6.07, 6.45) is 2.06. The number of carbonyl (C=O) groups is 1. The molecule has 1 aromatic heterocycles. The summed E-state index contributed by atoms with van der Waals surface area (Å²) in [6, 6.07) is 6.87. The van der Waals surface area contributed by atoms with Crippen molar-refractivity contribution in [3.05, 3.63) is 30.1 Å². The SMILES string of the molecule is C[C@H](Sc1nnc(-c2ccccc2F)n1C1CC1)C(=O)N(C)C. The highest BCUT2D eigenvalue weighted by atomic mass is 32.2. The minimum absolute atomic E-state index is 0.0211. The summed E-state index contributed by atoms with van der Waals surface area (Å²) in [4.78, 5) is 13.6. The van der Waals surface area contributed by atoms with Gasteiger partial charge in [-0.25, -0.2) is 4.39 Å². The van der Waals surface area contributed by atoms with Crippen LogP contribution in [0.15, 0.2) is 29.4 Å². The summed E-state index contributed by atoms with van der Waals surface area (Å²) >= 11 is 1.37. The number of rotatable bonds is 5. The number of benzene rings is 1. The molecule has 23 heavy (non-hydrogen) atoms. The molecule has 1 aromatic carbocycles. The molecule has 1 saturated carbocycles. The molecule has 1 heterocycles. The standard InChI is InChI=1S/C16H19FN4OS/c1-10(15(22)20(2)3)23-16-19-18-14(21(16)11-8-9-11)12-6-4-5-7-13(12)17/h4-7,10-11H,8-9H2,1-3H3/t10-/m0/s1.